The Bertz CT molecular complexity index is 604. The van der Waals surface area contributed by atoms with E-state index in [1.54, 1.807) is 13.8 Å². The van der Waals surface area contributed by atoms with Crippen LogP contribution in [-0.4, -0.2) is 31.1 Å². The molecule has 7 nitrogen and oxygen atoms in total. The van der Waals surface area contributed by atoms with Crippen LogP contribution in [0.3, 0.4) is 0 Å². The average Bonchev–Trinajstić information content (AvgIpc) is 2.43. The second-order valence-corrected chi connectivity index (χ2v) is 5.15. The molecule has 126 valence electrons. The molecule has 0 heterocycles. The minimum absolute atomic E-state index is 0.0583. The average molecular weight is 326 g/mol. The first-order chi connectivity index (χ1) is 10.7. The Morgan fingerprint density at radius 2 is 1.96 bits per heavy atom. The first-order valence-corrected chi connectivity index (χ1v) is 6.86. The summed E-state index contributed by atoms with van der Waals surface area (Å²) >= 11 is 0. The summed E-state index contributed by atoms with van der Waals surface area (Å²) in [6.45, 7) is 3.29. The predicted octanol–water partition coefficient (Wildman–Crippen LogP) is 1.14. The summed E-state index contributed by atoms with van der Waals surface area (Å²) in [6, 6.07) is 3.01. The van der Waals surface area contributed by atoms with Gasteiger partial charge in [0.05, 0.1) is 13.5 Å². The molecule has 0 saturated heterocycles. The van der Waals surface area contributed by atoms with E-state index in [1.165, 1.54) is 19.2 Å². The number of nitrogens with one attached hydrogen (secondary N) is 1. The van der Waals surface area contributed by atoms with Gasteiger partial charge in [0.2, 0.25) is 0 Å². The number of rotatable bonds is 6. The lowest BCUT2D eigenvalue weighted by atomic mass is 10.1. The molecule has 8 heteroatoms. The predicted molar refractivity (Wildman–Crippen MR) is 79.1 cm³/mol. The Labute approximate surface area is 132 Å². The summed E-state index contributed by atoms with van der Waals surface area (Å²) in [5.74, 6) is -2.45. The number of urea groups is 1. The number of benzene rings is 1. The summed E-state index contributed by atoms with van der Waals surface area (Å²) in [5.41, 5.74) is 5.23. The van der Waals surface area contributed by atoms with Crippen LogP contribution in [0.1, 0.15) is 19.4 Å². The van der Waals surface area contributed by atoms with Crippen molar-refractivity contribution in [2.75, 3.05) is 7.11 Å². The van der Waals surface area contributed by atoms with Crippen LogP contribution in [0.4, 0.5) is 9.18 Å². The second kappa shape index (κ2) is 8.11. The minimum atomic E-state index is -1.17. The van der Waals surface area contributed by atoms with Gasteiger partial charge in [0.15, 0.2) is 17.7 Å². The van der Waals surface area contributed by atoms with Crippen molar-refractivity contribution in [3.8, 4) is 5.75 Å². The van der Waals surface area contributed by atoms with Crippen LogP contribution >= 0.6 is 0 Å². The topological polar surface area (TPSA) is 108 Å². The summed E-state index contributed by atoms with van der Waals surface area (Å²) in [6.07, 6.45) is -1.40. The number of ether oxygens (including phenoxy) is 2. The van der Waals surface area contributed by atoms with E-state index in [9.17, 15) is 18.8 Å². The molecule has 0 fully saturated rings. The fourth-order valence-corrected chi connectivity index (χ4v) is 1.85. The smallest absolute Gasteiger partial charge is 0.318 e. The van der Waals surface area contributed by atoms with Gasteiger partial charge in [0.25, 0.3) is 5.91 Å². The molecular formula is C15H19FN2O5. The number of amides is 3. The first-order valence-electron chi connectivity index (χ1n) is 6.86. The Hall–Kier alpha value is -2.64. The largest absolute Gasteiger partial charge is 0.494 e. The molecule has 1 rings (SSSR count). The fraction of sp³-hybridized carbons (Fsp3) is 0.400. The molecule has 23 heavy (non-hydrogen) atoms. The van der Waals surface area contributed by atoms with E-state index >= 15 is 0 Å². The molecule has 1 atom stereocenters. The van der Waals surface area contributed by atoms with Gasteiger partial charge in [-0.25, -0.2) is 9.18 Å². The number of carbonyl (C=O) groups is 3. The quantitative estimate of drug-likeness (QED) is 0.762. The van der Waals surface area contributed by atoms with Crippen LogP contribution in [0, 0.1) is 11.7 Å². The molecule has 0 bridgehead atoms. The van der Waals surface area contributed by atoms with Crippen LogP contribution in [0.5, 0.6) is 5.75 Å². The third kappa shape index (κ3) is 5.57. The highest BCUT2D eigenvalue weighted by atomic mass is 19.1. The first kappa shape index (κ1) is 18.4. The van der Waals surface area contributed by atoms with E-state index in [4.69, 9.17) is 15.2 Å². The molecule has 3 N–H and O–H groups in total. The molecule has 0 saturated carbocycles. The Balaban J connectivity index is 2.74. The Kier molecular flexibility index (Phi) is 6.49. The molecule has 3 amide bonds. The van der Waals surface area contributed by atoms with Crippen molar-refractivity contribution in [2.45, 2.75) is 26.4 Å². The summed E-state index contributed by atoms with van der Waals surface area (Å²) < 4.78 is 23.4. The van der Waals surface area contributed by atoms with Crippen LogP contribution in [0.15, 0.2) is 18.2 Å². The second-order valence-electron chi connectivity index (χ2n) is 5.15. The van der Waals surface area contributed by atoms with Crippen LogP contribution in [-0.2, 0) is 20.7 Å². The number of hydrogen-bond acceptors (Lipinski definition) is 5. The van der Waals surface area contributed by atoms with Crippen molar-refractivity contribution in [2.24, 2.45) is 11.7 Å². The van der Waals surface area contributed by atoms with E-state index < -0.39 is 29.8 Å². The van der Waals surface area contributed by atoms with Crippen molar-refractivity contribution in [1.29, 1.82) is 0 Å². The van der Waals surface area contributed by atoms with Gasteiger partial charge in [0, 0.05) is 0 Å². The highest BCUT2D eigenvalue weighted by Gasteiger charge is 2.27. The van der Waals surface area contributed by atoms with Crippen LogP contribution in [0.2, 0.25) is 0 Å². The minimum Gasteiger partial charge on any atom is -0.494 e. The number of esters is 1. The lowest BCUT2D eigenvalue weighted by Gasteiger charge is -2.19. The van der Waals surface area contributed by atoms with Crippen LogP contribution in [0.25, 0.3) is 0 Å². The number of primary amides is 1. The molecule has 1 aromatic rings. The molecule has 0 aliphatic carbocycles. The van der Waals surface area contributed by atoms with Gasteiger partial charge in [-0.2, -0.15) is 0 Å². The number of imide groups is 1. The molecule has 0 spiro atoms. The number of methoxy groups -OCH3 is 1. The van der Waals surface area contributed by atoms with E-state index in [-0.39, 0.29) is 18.1 Å². The van der Waals surface area contributed by atoms with Crippen LogP contribution < -0.4 is 15.8 Å². The summed E-state index contributed by atoms with van der Waals surface area (Å²) in [5, 5.41) is 1.86. The van der Waals surface area contributed by atoms with Crippen molar-refractivity contribution in [1.82, 2.24) is 5.32 Å². The van der Waals surface area contributed by atoms with E-state index in [1.807, 2.05) is 5.32 Å². The molecular weight excluding hydrogens is 307 g/mol. The maximum atomic E-state index is 13.6. The van der Waals surface area contributed by atoms with Crippen molar-refractivity contribution >= 4 is 17.9 Å². The molecule has 0 radical (unpaired) electrons. The third-order valence-corrected chi connectivity index (χ3v) is 2.93. The number of carbonyl (C=O) groups excluding carboxylic acids is 3. The van der Waals surface area contributed by atoms with E-state index in [2.05, 4.69) is 0 Å². The molecule has 1 aromatic carbocycles. The van der Waals surface area contributed by atoms with Gasteiger partial charge in [-0.1, -0.05) is 19.9 Å². The van der Waals surface area contributed by atoms with Gasteiger partial charge in [-0.15, -0.1) is 0 Å². The van der Waals surface area contributed by atoms with Crippen molar-refractivity contribution < 1.29 is 28.2 Å². The molecule has 0 unspecified atom stereocenters. The lowest BCUT2D eigenvalue weighted by molar-refractivity contribution is -0.157. The zero-order valence-corrected chi connectivity index (χ0v) is 13.1. The van der Waals surface area contributed by atoms with Gasteiger partial charge < -0.3 is 15.2 Å². The fourth-order valence-electron chi connectivity index (χ4n) is 1.85. The Morgan fingerprint density at radius 3 is 2.43 bits per heavy atom. The number of nitrogens with two attached hydrogens (primary N) is 1. The standard InChI is InChI=1S/C15H19FN2O5/c1-8(2)13(14(20)18-15(17)21)23-12(19)7-9-4-5-11(22-3)10(16)6-9/h4-6,8,13H,7H2,1-3H3,(H3,17,18,20,21)/t13-/m1/s1. The molecule has 0 aliphatic heterocycles. The number of hydrogen-bond donors (Lipinski definition) is 2. The van der Waals surface area contributed by atoms with Crippen molar-refractivity contribution in [3.05, 3.63) is 29.6 Å². The highest BCUT2D eigenvalue weighted by Crippen LogP contribution is 2.18. The maximum absolute atomic E-state index is 13.6. The van der Waals surface area contributed by atoms with Gasteiger partial charge >= 0.3 is 12.0 Å². The van der Waals surface area contributed by atoms with Gasteiger partial charge in [0.1, 0.15) is 0 Å². The number of halogens is 1. The van der Waals surface area contributed by atoms with Crippen molar-refractivity contribution in [3.63, 3.8) is 0 Å². The normalized spacial score (nSPS) is 11.7. The van der Waals surface area contributed by atoms with E-state index in [0.29, 0.717) is 5.56 Å². The zero-order chi connectivity index (χ0) is 17.6. The highest BCUT2D eigenvalue weighted by molar-refractivity contribution is 5.96. The SMILES string of the molecule is COc1ccc(CC(=O)O[C@@H](C(=O)NC(N)=O)C(C)C)cc1F. The summed E-state index contributed by atoms with van der Waals surface area (Å²) in [7, 11) is 1.33. The van der Waals surface area contributed by atoms with Gasteiger partial charge in [-0.05, 0) is 23.6 Å². The third-order valence-electron chi connectivity index (χ3n) is 2.93. The lowest BCUT2D eigenvalue weighted by Crippen LogP contribution is -2.45. The zero-order valence-electron chi connectivity index (χ0n) is 13.1. The molecule has 0 aromatic heterocycles. The van der Waals surface area contributed by atoms with E-state index in [0.717, 1.165) is 6.07 Å². The monoisotopic (exact) mass is 326 g/mol. The Morgan fingerprint density at radius 1 is 1.30 bits per heavy atom. The maximum Gasteiger partial charge on any atom is 0.318 e. The van der Waals surface area contributed by atoms with Gasteiger partial charge in [-0.3, -0.25) is 14.9 Å². The summed E-state index contributed by atoms with van der Waals surface area (Å²) in [4.78, 5) is 34.4. The molecule has 0 aliphatic rings.